The van der Waals surface area contributed by atoms with E-state index < -0.39 is 11.9 Å². The molecule has 1 saturated heterocycles. The van der Waals surface area contributed by atoms with Gasteiger partial charge in [-0.15, -0.1) is 0 Å². The Morgan fingerprint density at radius 1 is 1.10 bits per heavy atom. The molecule has 0 spiro atoms. The number of likely N-dealkylation sites (tertiary alicyclic amines) is 1. The molecular weight excluding hydrogens is 379 g/mol. The van der Waals surface area contributed by atoms with Crippen molar-refractivity contribution in [3.05, 3.63) is 59.3 Å². The predicted molar refractivity (Wildman–Crippen MR) is 103 cm³/mol. The average molecular weight is 403 g/mol. The van der Waals surface area contributed by atoms with Crippen LogP contribution in [0.25, 0.3) is 5.65 Å². The number of halogens is 3. The second-order valence-corrected chi connectivity index (χ2v) is 7.91. The Bertz CT molecular complexity index is 997. The fourth-order valence-corrected chi connectivity index (χ4v) is 4.08. The minimum Gasteiger partial charge on any atom is -0.288 e. The van der Waals surface area contributed by atoms with E-state index >= 15 is 0 Å². The van der Waals surface area contributed by atoms with Crippen LogP contribution in [0.5, 0.6) is 0 Å². The lowest BCUT2D eigenvalue weighted by molar-refractivity contribution is -0.142. The highest BCUT2D eigenvalue weighted by atomic mass is 19.4. The van der Waals surface area contributed by atoms with Gasteiger partial charge in [0.2, 0.25) is 0 Å². The zero-order chi connectivity index (χ0) is 20.8. The molecule has 154 valence electrons. The number of rotatable bonds is 4. The molecule has 5 nitrogen and oxygen atoms in total. The van der Waals surface area contributed by atoms with Gasteiger partial charge < -0.3 is 0 Å². The van der Waals surface area contributed by atoms with E-state index in [-0.39, 0.29) is 23.6 Å². The third-order valence-electron chi connectivity index (χ3n) is 5.67. The molecule has 4 rings (SSSR count). The smallest absolute Gasteiger partial charge is 0.288 e. The molecule has 3 aromatic rings. The van der Waals surface area contributed by atoms with Crippen molar-refractivity contribution in [1.29, 1.82) is 0 Å². The average Bonchev–Trinajstić information content (AvgIpc) is 3.32. The van der Waals surface area contributed by atoms with Gasteiger partial charge in [0.25, 0.3) is 0 Å². The number of alkyl halides is 3. The number of fused-ring (bicyclic) bond motifs is 1. The molecule has 0 N–H and O–H groups in total. The molecule has 0 aliphatic carbocycles. The summed E-state index contributed by atoms with van der Waals surface area (Å²) >= 11 is 0. The van der Waals surface area contributed by atoms with Crippen molar-refractivity contribution in [2.24, 2.45) is 0 Å². The fraction of sp³-hybridized carbons (Fsp3) is 0.476. The maximum Gasteiger partial charge on any atom is 0.433 e. The van der Waals surface area contributed by atoms with Gasteiger partial charge in [0.15, 0.2) is 5.65 Å². The lowest BCUT2D eigenvalue weighted by Gasteiger charge is -2.30. The van der Waals surface area contributed by atoms with E-state index in [1.807, 2.05) is 26.0 Å². The summed E-state index contributed by atoms with van der Waals surface area (Å²) in [6.07, 6.45) is 0.861. The van der Waals surface area contributed by atoms with Gasteiger partial charge >= 0.3 is 6.18 Å². The van der Waals surface area contributed by atoms with Crippen LogP contribution in [0.1, 0.15) is 74.3 Å². The maximum absolute atomic E-state index is 13.7. The Kier molecular flexibility index (Phi) is 5.06. The van der Waals surface area contributed by atoms with Gasteiger partial charge in [0.1, 0.15) is 5.69 Å². The minimum absolute atomic E-state index is 0.0385. The van der Waals surface area contributed by atoms with E-state index in [1.165, 1.54) is 0 Å². The molecule has 0 radical (unpaired) electrons. The van der Waals surface area contributed by atoms with Crippen molar-refractivity contribution in [3.63, 3.8) is 0 Å². The van der Waals surface area contributed by atoms with Gasteiger partial charge in [-0.05, 0) is 56.0 Å². The first kappa shape index (κ1) is 19.8. The van der Waals surface area contributed by atoms with Crippen molar-refractivity contribution < 1.29 is 13.2 Å². The van der Waals surface area contributed by atoms with E-state index in [2.05, 4.69) is 26.9 Å². The summed E-state index contributed by atoms with van der Waals surface area (Å²) in [5.74, 6) is -0.103. The zero-order valence-corrected chi connectivity index (χ0v) is 16.7. The Labute approximate surface area is 167 Å². The summed E-state index contributed by atoms with van der Waals surface area (Å²) < 4.78 is 42.0. The molecule has 29 heavy (non-hydrogen) atoms. The normalized spacial score (nSPS) is 19.3. The van der Waals surface area contributed by atoms with Gasteiger partial charge in [-0.3, -0.25) is 9.88 Å². The number of pyridine rings is 1. The first-order chi connectivity index (χ1) is 13.8. The van der Waals surface area contributed by atoms with Crippen LogP contribution in [0.2, 0.25) is 0 Å². The van der Waals surface area contributed by atoms with E-state index in [9.17, 15) is 13.2 Å². The molecule has 0 unspecified atom stereocenters. The molecule has 0 saturated carbocycles. The SMILES string of the molecule is CC(C)c1cc(C(F)(F)F)n2nc([C@@H]3CCCN3[C@@H](C)c3ccncc3)cc2n1. The first-order valence-corrected chi connectivity index (χ1v) is 9.89. The van der Waals surface area contributed by atoms with Crippen LogP contribution in [0, 0.1) is 0 Å². The zero-order valence-electron chi connectivity index (χ0n) is 16.7. The molecule has 0 amide bonds. The van der Waals surface area contributed by atoms with E-state index in [0.717, 1.165) is 35.5 Å². The number of hydrogen-bond acceptors (Lipinski definition) is 4. The van der Waals surface area contributed by atoms with Crippen molar-refractivity contribution >= 4 is 5.65 Å². The number of aromatic nitrogens is 4. The molecule has 1 fully saturated rings. The molecule has 0 bridgehead atoms. The van der Waals surface area contributed by atoms with Crippen LogP contribution in [0.15, 0.2) is 36.7 Å². The third-order valence-corrected chi connectivity index (χ3v) is 5.67. The molecule has 0 aromatic carbocycles. The molecule has 4 heterocycles. The van der Waals surface area contributed by atoms with Crippen molar-refractivity contribution in [2.75, 3.05) is 6.54 Å². The van der Waals surface area contributed by atoms with Crippen molar-refractivity contribution in [1.82, 2.24) is 24.5 Å². The van der Waals surface area contributed by atoms with Crippen LogP contribution in [-0.2, 0) is 6.18 Å². The predicted octanol–water partition coefficient (Wildman–Crippen LogP) is 5.16. The van der Waals surface area contributed by atoms with Crippen LogP contribution in [-0.4, -0.2) is 31.0 Å². The van der Waals surface area contributed by atoms with Gasteiger partial charge in [-0.1, -0.05) is 13.8 Å². The van der Waals surface area contributed by atoms with E-state index in [0.29, 0.717) is 11.4 Å². The minimum atomic E-state index is -4.49. The standard InChI is InChI=1S/C21H24F3N5/c1-13(2)16-11-19(21(22,23)24)29-20(26-16)12-17(27-29)18-5-4-10-28(18)14(3)15-6-8-25-9-7-15/h6-9,11-14,18H,4-5,10H2,1-3H3/t14-,18-/m0/s1. The monoisotopic (exact) mass is 403 g/mol. The Hall–Kier alpha value is -2.48. The quantitative estimate of drug-likeness (QED) is 0.603. The second-order valence-electron chi connectivity index (χ2n) is 7.91. The molecule has 8 heteroatoms. The topological polar surface area (TPSA) is 46.3 Å². The summed E-state index contributed by atoms with van der Waals surface area (Å²) in [5.41, 5.74) is 1.67. The maximum atomic E-state index is 13.7. The summed E-state index contributed by atoms with van der Waals surface area (Å²) in [6.45, 7) is 6.66. The Balaban J connectivity index is 1.75. The lowest BCUT2D eigenvalue weighted by Crippen LogP contribution is -2.27. The largest absolute Gasteiger partial charge is 0.433 e. The molecule has 1 aliphatic rings. The summed E-state index contributed by atoms with van der Waals surface area (Å²) in [6, 6.07) is 6.85. The highest BCUT2D eigenvalue weighted by molar-refractivity contribution is 5.44. The molecular formula is C21H24F3N5. The number of hydrogen-bond donors (Lipinski definition) is 0. The van der Waals surface area contributed by atoms with Crippen molar-refractivity contribution in [2.45, 2.75) is 57.8 Å². The molecule has 1 aliphatic heterocycles. The fourth-order valence-electron chi connectivity index (χ4n) is 4.08. The summed E-state index contributed by atoms with van der Waals surface area (Å²) in [7, 11) is 0. The van der Waals surface area contributed by atoms with Crippen LogP contribution >= 0.6 is 0 Å². The van der Waals surface area contributed by atoms with Gasteiger partial charge in [0, 0.05) is 30.2 Å². The first-order valence-electron chi connectivity index (χ1n) is 9.89. The van der Waals surface area contributed by atoms with Gasteiger partial charge in [0.05, 0.1) is 11.7 Å². The van der Waals surface area contributed by atoms with E-state index in [1.54, 1.807) is 18.5 Å². The molecule has 3 aromatic heterocycles. The van der Waals surface area contributed by atoms with E-state index in [4.69, 9.17) is 0 Å². The van der Waals surface area contributed by atoms with Gasteiger partial charge in [-0.2, -0.15) is 18.3 Å². The highest BCUT2D eigenvalue weighted by Gasteiger charge is 2.37. The third kappa shape index (κ3) is 3.73. The Morgan fingerprint density at radius 3 is 2.48 bits per heavy atom. The number of nitrogens with zero attached hydrogens (tertiary/aromatic N) is 5. The Morgan fingerprint density at radius 2 is 1.83 bits per heavy atom. The van der Waals surface area contributed by atoms with Crippen LogP contribution in [0.4, 0.5) is 13.2 Å². The lowest BCUT2D eigenvalue weighted by atomic mass is 10.1. The van der Waals surface area contributed by atoms with Crippen LogP contribution in [0.3, 0.4) is 0 Å². The van der Waals surface area contributed by atoms with Crippen molar-refractivity contribution in [3.8, 4) is 0 Å². The highest BCUT2D eigenvalue weighted by Crippen LogP contribution is 2.39. The molecule has 2 atom stereocenters. The van der Waals surface area contributed by atoms with Crippen LogP contribution < -0.4 is 0 Å². The summed E-state index contributed by atoms with van der Waals surface area (Å²) in [5, 5.41) is 4.37. The summed E-state index contributed by atoms with van der Waals surface area (Å²) in [4.78, 5) is 10.8. The second kappa shape index (κ2) is 7.40. The van der Waals surface area contributed by atoms with Gasteiger partial charge in [-0.25, -0.2) is 9.50 Å².